The van der Waals surface area contributed by atoms with Crippen LogP contribution in [0.5, 0.6) is 0 Å². The Morgan fingerprint density at radius 1 is 0.700 bits per heavy atom. The van der Waals surface area contributed by atoms with E-state index in [4.69, 9.17) is 9.97 Å². The zero-order valence-electron chi connectivity index (χ0n) is 22.5. The third-order valence-electron chi connectivity index (χ3n) is 8.51. The molecular weight excluding hydrogens is 488 g/mol. The highest BCUT2D eigenvalue weighted by molar-refractivity contribution is 5.90. The first-order valence-corrected chi connectivity index (χ1v) is 13.8. The Balaban J connectivity index is 1.21. The summed E-state index contributed by atoms with van der Waals surface area (Å²) in [5.74, 6) is 0.894. The zero-order valence-corrected chi connectivity index (χ0v) is 22.5. The van der Waals surface area contributed by atoms with Crippen molar-refractivity contribution in [2.45, 2.75) is 25.8 Å². The van der Waals surface area contributed by atoms with Gasteiger partial charge in [0.2, 0.25) is 0 Å². The Kier molecular flexibility index (Phi) is 4.89. The maximum Gasteiger partial charge on any atom is 0.138 e. The summed E-state index contributed by atoms with van der Waals surface area (Å²) in [6.45, 7) is 5.44. The first kappa shape index (κ1) is 23.0. The molecule has 0 saturated carbocycles. The summed E-state index contributed by atoms with van der Waals surface area (Å²) in [7, 11) is 0. The zero-order chi connectivity index (χ0) is 26.8. The lowest BCUT2D eigenvalue weighted by molar-refractivity contribution is 0.660. The van der Waals surface area contributed by atoms with Crippen LogP contribution in [0, 0.1) is 0 Å². The van der Waals surface area contributed by atoms with Crippen molar-refractivity contribution < 1.29 is 0 Å². The minimum absolute atomic E-state index is 0.0436. The second-order valence-corrected chi connectivity index (χ2v) is 11.2. The SMILES string of the molecule is CC1(C)c2ccccc2-c2ccc(-c3cccc(-c4cccc(-n5c6c(c7ccccc75)CNC=C6)n4)n3)cc21. The number of hydrogen-bond acceptors (Lipinski definition) is 3. The van der Waals surface area contributed by atoms with E-state index in [1.165, 1.54) is 38.9 Å². The molecular formula is C36H28N4. The predicted molar refractivity (Wildman–Crippen MR) is 163 cm³/mol. The van der Waals surface area contributed by atoms with Gasteiger partial charge in [-0.05, 0) is 70.9 Å². The second-order valence-electron chi connectivity index (χ2n) is 11.2. The Morgan fingerprint density at radius 2 is 1.45 bits per heavy atom. The Morgan fingerprint density at radius 3 is 2.38 bits per heavy atom. The summed E-state index contributed by atoms with van der Waals surface area (Å²) < 4.78 is 2.26. The topological polar surface area (TPSA) is 42.7 Å². The number of rotatable bonds is 3. The number of pyridine rings is 2. The standard InChI is InChI=1S/C36H28N4/c1-36(2)28-11-5-3-9-24(28)25-18-17-23(21-29(25)36)30-12-7-13-31(38-30)32-14-8-16-35(39-32)40-33-15-6-4-10-26(33)27-22-37-20-19-34(27)40/h3-21,37H,22H2,1-2H3. The van der Waals surface area contributed by atoms with Gasteiger partial charge in [0.15, 0.2) is 0 Å². The Hall–Kier alpha value is -4.96. The molecule has 4 heterocycles. The van der Waals surface area contributed by atoms with Gasteiger partial charge >= 0.3 is 0 Å². The van der Waals surface area contributed by atoms with Crippen molar-refractivity contribution >= 4 is 17.0 Å². The van der Waals surface area contributed by atoms with Crippen molar-refractivity contribution in [3.8, 4) is 39.6 Å². The summed E-state index contributed by atoms with van der Waals surface area (Å²) in [5, 5.41) is 4.61. The van der Waals surface area contributed by atoms with Gasteiger partial charge in [0, 0.05) is 28.5 Å². The average Bonchev–Trinajstić information content (AvgIpc) is 3.46. The molecule has 3 aromatic carbocycles. The number of nitrogens with one attached hydrogen (secondary N) is 1. The molecule has 0 saturated heterocycles. The van der Waals surface area contributed by atoms with E-state index < -0.39 is 0 Å². The van der Waals surface area contributed by atoms with Crippen LogP contribution in [-0.2, 0) is 12.0 Å². The lowest BCUT2D eigenvalue weighted by atomic mass is 9.82. The molecule has 0 bridgehead atoms. The summed E-state index contributed by atoms with van der Waals surface area (Å²) >= 11 is 0. The van der Waals surface area contributed by atoms with Gasteiger partial charge in [-0.25, -0.2) is 9.97 Å². The summed E-state index contributed by atoms with van der Waals surface area (Å²) in [6, 6.07) is 36.5. The lowest BCUT2D eigenvalue weighted by Gasteiger charge is -2.21. The van der Waals surface area contributed by atoms with Gasteiger partial charge in [0.25, 0.3) is 0 Å². The number of benzene rings is 3. The molecule has 0 spiro atoms. The van der Waals surface area contributed by atoms with Crippen molar-refractivity contribution in [1.82, 2.24) is 19.9 Å². The molecule has 6 aromatic rings. The number of para-hydroxylation sites is 1. The van der Waals surface area contributed by atoms with Crippen LogP contribution in [-0.4, -0.2) is 14.5 Å². The molecule has 2 aliphatic rings. The highest BCUT2D eigenvalue weighted by Gasteiger charge is 2.35. The van der Waals surface area contributed by atoms with Crippen LogP contribution in [0.4, 0.5) is 0 Å². The number of aromatic nitrogens is 3. The molecule has 40 heavy (non-hydrogen) atoms. The van der Waals surface area contributed by atoms with Gasteiger partial charge in [-0.15, -0.1) is 0 Å². The Labute approximate surface area is 233 Å². The number of hydrogen-bond donors (Lipinski definition) is 1. The van der Waals surface area contributed by atoms with Crippen molar-refractivity contribution in [1.29, 1.82) is 0 Å². The molecule has 192 valence electrons. The largest absolute Gasteiger partial charge is 0.387 e. The minimum Gasteiger partial charge on any atom is -0.387 e. The molecule has 1 aliphatic carbocycles. The van der Waals surface area contributed by atoms with Gasteiger partial charge < -0.3 is 5.32 Å². The van der Waals surface area contributed by atoms with Crippen molar-refractivity contribution in [3.63, 3.8) is 0 Å². The van der Waals surface area contributed by atoms with Crippen LogP contribution in [0.25, 0.3) is 56.6 Å². The summed E-state index contributed by atoms with van der Waals surface area (Å²) in [5.41, 5.74) is 12.8. The molecule has 8 rings (SSSR count). The normalized spacial score (nSPS) is 14.4. The van der Waals surface area contributed by atoms with E-state index in [9.17, 15) is 0 Å². The molecule has 0 fully saturated rings. The molecule has 0 radical (unpaired) electrons. The van der Waals surface area contributed by atoms with Crippen molar-refractivity contribution in [2.75, 3.05) is 0 Å². The van der Waals surface area contributed by atoms with E-state index in [0.717, 1.165) is 40.5 Å². The van der Waals surface area contributed by atoms with E-state index in [0.29, 0.717) is 0 Å². The first-order valence-electron chi connectivity index (χ1n) is 13.8. The van der Waals surface area contributed by atoms with Crippen molar-refractivity contribution in [2.24, 2.45) is 0 Å². The van der Waals surface area contributed by atoms with Crippen molar-refractivity contribution in [3.05, 3.63) is 132 Å². The van der Waals surface area contributed by atoms with Crippen LogP contribution in [0.2, 0.25) is 0 Å². The van der Waals surface area contributed by atoms with E-state index >= 15 is 0 Å². The number of fused-ring (bicyclic) bond motifs is 6. The molecule has 4 nitrogen and oxygen atoms in total. The predicted octanol–water partition coefficient (Wildman–Crippen LogP) is 8.13. The fourth-order valence-corrected chi connectivity index (χ4v) is 6.53. The minimum atomic E-state index is -0.0436. The third kappa shape index (κ3) is 3.32. The first-order chi connectivity index (χ1) is 19.6. The number of nitrogens with zero attached hydrogens (tertiary/aromatic N) is 3. The molecule has 1 N–H and O–H groups in total. The molecule has 0 atom stereocenters. The van der Waals surface area contributed by atoms with Gasteiger partial charge in [-0.2, -0.15) is 0 Å². The highest BCUT2D eigenvalue weighted by Crippen LogP contribution is 2.49. The molecule has 0 amide bonds. The van der Waals surface area contributed by atoms with E-state index in [1.54, 1.807) is 0 Å². The van der Waals surface area contributed by atoms with Gasteiger partial charge in [0.05, 0.1) is 28.3 Å². The maximum atomic E-state index is 5.13. The molecule has 3 aromatic heterocycles. The van der Waals surface area contributed by atoms with Crippen LogP contribution >= 0.6 is 0 Å². The molecule has 0 unspecified atom stereocenters. The van der Waals surface area contributed by atoms with Gasteiger partial charge in [-0.1, -0.05) is 80.6 Å². The average molecular weight is 517 g/mol. The quantitative estimate of drug-likeness (QED) is 0.258. The molecule has 4 heteroatoms. The second kappa shape index (κ2) is 8.52. The van der Waals surface area contributed by atoms with Gasteiger partial charge in [-0.3, -0.25) is 4.57 Å². The molecule has 1 aliphatic heterocycles. The fourth-order valence-electron chi connectivity index (χ4n) is 6.53. The lowest BCUT2D eigenvalue weighted by Crippen LogP contribution is -2.14. The van der Waals surface area contributed by atoms with Crippen LogP contribution in [0.1, 0.15) is 36.2 Å². The highest BCUT2D eigenvalue weighted by atomic mass is 15.1. The third-order valence-corrected chi connectivity index (χ3v) is 8.51. The van der Waals surface area contributed by atoms with E-state index in [1.807, 2.05) is 12.3 Å². The van der Waals surface area contributed by atoms with Gasteiger partial charge in [0.1, 0.15) is 5.82 Å². The monoisotopic (exact) mass is 516 g/mol. The summed E-state index contributed by atoms with van der Waals surface area (Å²) in [6.07, 6.45) is 4.16. The smallest absolute Gasteiger partial charge is 0.138 e. The van der Waals surface area contributed by atoms with E-state index in [-0.39, 0.29) is 5.41 Å². The maximum absolute atomic E-state index is 5.13. The van der Waals surface area contributed by atoms with Crippen LogP contribution < -0.4 is 5.32 Å². The van der Waals surface area contributed by atoms with Crippen LogP contribution in [0.3, 0.4) is 0 Å². The van der Waals surface area contributed by atoms with Crippen LogP contribution in [0.15, 0.2) is 109 Å². The van der Waals surface area contributed by atoms with E-state index in [2.05, 4.69) is 127 Å². The Bertz CT molecular complexity index is 1990. The summed E-state index contributed by atoms with van der Waals surface area (Å²) in [4.78, 5) is 10.2. The fraction of sp³-hybridized carbons (Fsp3) is 0.111.